The molecule has 0 radical (unpaired) electrons. The fourth-order valence-electron chi connectivity index (χ4n) is 3.74. The third-order valence-electron chi connectivity index (χ3n) is 5.52. The van der Waals surface area contributed by atoms with Gasteiger partial charge in [0.25, 0.3) is 0 Å². The van der Waals surface area contributed by atoms with Crippen molar-refractivity contribution < 1.29 is 13.2 Å². The maximum absolute atomic E-state index is 12.8. The smallest absolute Gasteiger partial charge is 0.241 e. The Hall–Kier alpha value is -2.04. The Labute approximate surface area is 187 Å². The number of para-hydroxylation sites is 1. The number of thiazole rings is 1. The van der Waals surface area contributed by atoms with E-state index < -0.39 is 10.0 Å². The molecule has 0 aliphatic carbocycles. The van der Waals surface area contributed by atoms with E-state index in [9.17, 15) is 8.42 Å². The predicted octanol–water partition coefficient (Wildman–Crippen LogP) is 3.01. The number of sulfonamides is 1. The SMILES string of the molecule is CC(NS(=O)(=O)c1ccc2ncsc2c1)N1CCN(CCCOc2ccccc2)CC1. The molecule has 7 nitrogen and oxygen atoms in total. The molecule has 2 heterocycles. The topological polar surface area (TPSA) is 74.8 Å². The Morgan fingerprint density at radius 3 is 2.68 bits per heavy atom. The van der Waals surface area contributed by atoms with Crippen molar-refractivity contribution in [2.75, 3.05) is 39.3 Å². The quantitative estimate of drug-likeness (QED) is 0.495. The minimum absolute atomic E-state index is 0.259. The summed E-state index contributed by atoms with van der Waals surface area (Å²) in [6.07, 6.45) is 0.711. The van der Waals surface area contributed by atoms with Crippen LogP contribution in [0.2, 0.25) is 0 Å². The van der Waals surface area contributed by atoms with E-state index in [0.717, 1.165) is 55.1 Å². The Morgan fingerprint density at radius 1 is 1.13 bits per heavy atom. The zero-order chi connectivity index (χ0) is 21.7. The molecule has 1 fully saturated rings. The molecule has 1 saturated heterocycles. The second kappa shape index (κ2) is 10.1. The minimum Gasteiger partial charge on any atom is -0.494 e. The summed E-state index contributed by atoms with van der Waals surface area (Å²) >= 11 is 1.44. The molecule has 0 saturated carbocycles. The van der Waals surface area contributed by atoms with Crippen molar-refractivity contribution in [3.05, 3.63) is 54.0 Å². The molecule has 9 heteroatoms. The van der Waals surface area contributed by atoms with Crippen LogP contribution in [0.4, 0.5) is 0 Å². The van der Waals surface area contributed by atoms with Crippen molar-refractivity contribution in [2.24, 2.45) is 0 Å². The molecule has 1 unspecified atom stereocenters. The van der Waals surface area contributed by atoms with Crippen molar-refractivity contribution in [2.45, 2.75) is 24.4 Å². The molecular formula is C22H28N4O3S2. The van der Waals surface area contributed by atoms with Crippen LogP contribution >= 0.6 is 11.3 Å². The van der Waals surface area contributed by atoms with E-state index in [1.807, 2.05) is 37.3 Å². The summed E-state index contributed by atoms with van der Waals surface area (Å²) < 4.78 is 35.1. The lowest BCUT2D eigenvalue weighted by Crippen LogP contribution is -2.54. The highest BCUT2D eigenvalue weighted by Gasteiger charge is 2.25. The molecule has 0 spiro atoms. The number of fused-ring (bicyclic) bond motifs is 1. The summed E-state index contributed by atoms with van der Waals surface area (Å²) in [5.41, 5.74) is 2.55. The van der Waals surface area contributed by atoms with Crippen molar-refractivity contribution in [3.63, 3.8) is 0 Å². The van der Waals surface area contributed by atoms with Gasteiger partial charge in [-0.2, -0.15) is 4.72 Å². The number of ether oxygens (including phenoxy) is 1. The highest BCUT2D eigenvalue weighted by atomic mass is 32.2. The molecule has 0 amide bonds. The first-order chi connectivity index (χ1) is 15.0. The Kier molecular flexibility index (Phi) is 7.19. The number of rotatable bonds is 9. The molecule has 1 N–H and O–H groups in total. The normalized spacial score (nSPS) is 17.1. The number of hydrogen-bond donors (Lipinski definition) is 1. The lowest BCUT2D eigenvalue weighted by atomic mass is 10.3. The average molecular weight is 461 g/mol. The zero-order valence-electron chi connectivity index (χ0n) is 17.6. The van der Waals surface area contributed by atoms with Crippen LogP contribution in [0, 0.1) is 0 Å². The van der Waals surface area contributed by atoms with Crippen LogP contribution in [-0.2, 0) is 10.0 Å². The van der Waals surface area contributed by atoms with Gasteiger partial charge in [-0.1, -0.05) is 18.2 Å². The van der Waals surface area contributed by atoms with Crippen molar-refractivity contribution >= 4 is 31.6 Å². The van der Waals surface area contributed by atoms with E-state index in [0.29, 0.717) is 6.61 Å². The van der Waals surface area contributed by atoms with Gasteiger partial charge in [-0.25, -0.2) is 13.4 Å². The summed E-state index contributed by atoms with van der Waals surface area (Å²) in [4.78, 5) is 9.08. The molecule has 4 rings (SSSR count). The zero-order valence-corrected chi connectivity index (χ0v) is 19.2. The highest BCUT2D eigenvalue weighted by Crippen LogP contribution is 2.22. The number of hydrogen-bond acceptors (Lipinski definition) is 7. The maximum Gasteiger partial charge on any atom is 0.241 e. The predicted molar refractivity (Wildman–Crippen MR) is 124 cm³/mol. The first-order valence-corrected chi connectivity index (χ1v) is 12.9. The maximum atomic E-state index is 12.8. The number of piperazine rings is 1. The fourth-order valence-corrected chi connectivity index (χ4v) is 5.78. The number of aromatic nitrogens is 1. The molecule has 2 aromatic carbocycles. The first-order valence-electron chi connectivity index (χ1n) is 10.5. The van der Waals surface area contributed by atoms with Gasteiger partial charge in [-0.15, -0.1) is 11.3 Å². The largest absolute Gasteiger partial charge is 0.494 e. The van der Waals surface area contributed by atoms with Crippen LogP contribution in [0.3, 0.4) is 0 Å². The minimum atomic E-state index is -3.58. The van der Waals surface area contributed by atoms with Crippen LogP contribution in [0.15, 0.2) is 58.9 Å². The summed E-state index contributed by atoms with van der Waals surface area (Å²) in [6.45, 7) is 7.09. The number of nitrogens with one attached hydrogen (secondary N) is 1. The first kappa shape index (κ1) is 22.2. The Balaban J connectivity index is 1.22. The van der Waals surface area contributed by atoms with Gasteiger partial charge < -0.3 is 9.64 Å². The molecule has 31 heavy (non-hydrogen) atoms. The van der Waals surface area contributed by atoms with Gasteiger partial charge in [0, 0.05) is 32.7 Å². The molecule has 1 aliphatic heterocycles. The standard InChI is InChI=1S/C22H28N4O3S2/c1-18(24-31(27,28)20-8-9-21-22(16-20)30-17-23-21)26-13-11-25(12-14-26)10-5-15-29-19-6-3-2-4-7-19/h2-4,6-9,16-18,24H,5,10-15H2,1H3. The van der Waals surface area contributed by atoms with Crippen molar-refractivity contribution in [1.82, 2.24) is 19.5 Å². The van der Waals surface area contributed by atoms with Gasteiger partial charge in [0.05, 0.1) is 33.4 Å². The molecule has 1 aliphatic rings. The lowest BCUT2D eigenvalue weighted by molar-refractivity contribution is 0.0943. The number of benzene rings is 2. The Morgan fingerprint density at radius 2 is 1.90 bits per heavy atom. The third kappa shape index (κ3) is 5.81. The summed E-state index contributed by atoms with van der Waals surface area (Å²) in [7, 11) is -3.58. The van der Waals surface area contributed by atoms with Crippen LogP contribution in [0.1, 0.15) is 13.3 Å². The van der Waals surface area contributed by atoms with Crippen molar-refractivity contribution in [3.8, 4) is 5.75 Å². The fraction of sp³-hybridized carbons (Fsp3) is 0.409. The van der Waals surface area contributed by atoms with E-state index in [4.69, 9.17) is 4.74 Å². The second-order valence-electron chi connectivity index (χ2n) is 7.67. The molecule has 166 valence electrons. The van der Waals surface area contributed by atoms with Gasteiger partial charge >= 0.3 is 0 Å². The van der Waals surface area contributed by atoms with E-state index >= 15 is 0 Å². The van der Waals surface area contributed by atoms with Crippen LogP contribution in [-0.4, -0.2) is 68.7 Å². The molecular weight excluding hydrogens is 432 g/mol. The van der Waals surface area contributed by atoms with Crippen LogP contribution in [0.25, 0.3) is 10.2 Å². The number of nitrogens with zero attached hydrogens (tertiary/aromatic N) is 3. The molecule has 3 aromatic rings. The molecule has 0 bridgehead atoms. The van der Waals surface area contributed by atoms with E-state index in [-0.39, 0.29) is 11.1 Å². The van der Waals surface area contributed by atoms with Crippen molar-refractivity contribution in [1.29, 1.82) is 0 Å². The summed E-state index contributed by atoms with van der Waals surface area (Å²) in [5, 5.41) is 0. The molecule has 1 aromatic heterocycles. The van der Waals surface area contributed by atoms with Gasteiger partial charge in [0.15, 0.2) is 0 Å². The van der Waals surface area contributed by atoms with Gasteiger partial charge in [0.1, 0.15) is 5.75 Å². The molecule has 1 atom stereocenters. The van der Waals surface area contributed by atoms with Crippen LogP contribution in [0.5, 0.6) is 5.75 Å². The average Bonchev–Trinajstić information content (AvgIpc) is 3.25. The Bertz CT molecular complexity index is 1080. The van der Waals surface area contributed by atoms with Gasteiger partial charge in [-0.05, 0) is 43.7 Å². The van der Waals surface area contributed by atoms with E-state index in [2.05, 4.69) is 19.5 Å². The van der Waals surface area contributed by atoms with Gasteiger partial charge in [0.2, 0.25) is 10.0 Å². The third-order valence-corrected chi connectivity index (χ3v) is 7.84. The van der Waals surface area contributed by atoms with E-state index in [1.165, 1.54) is 11.3 Å². The summed E-state index contributed by atoms with van der Waals surface area (Å²) in [5.74, 6) is 0.905. The second-order valence-corrected chi connectivity index (χ2v) is 10.3. The lowest BCUT2D eigenvalue weighted by Gasteiger charge is -2.38. The monoisotopic (exact) mass is 460 g/mol. The van der Waals surface area contributed by atoms with Crippen LogP contribution < -0.4 is 9.46 Å². The summed E-state index contributed by atoms with van der Waals surface area (Å²) in [6, 6.07) is 14.9. The van der Waals surface area contributed by atoms with Gasteiger partial charge in [-0.3, -0.25) is 4.90 Å². The van der Waals surface area contributed by atoms with E-state index in [1.54, 1.807) is 23.7 Å². The highest BCUT2D eigenvalue weighted by molar-refractivity contribution is 7.89.